The zero-order chi connectivity index (χ0) is 15.0. The number of carbonyl (C=O) groups is 1. The molecular weight excluding hydrogens is 266 g/mol. The van der Waals surface area contributed by atoms with Crippen LogP contribution in [0.15, 0.2) is 12.1 Å². The summed E-state index contributed by atoms with van der Waals surface area (Å²) >= 11 is 0. The predicted octanol–water partition coefficient (Wildman–Crippen LogP) is 2.77. The second-order valence-corrected chi connectivity index (χ2v) is 6.86. The second-order valence-electron chi connectivity index (χ2n) is 6.86. The summed E-state index contributed by atoms with van der Waals surface area (Å²) in [6.07, 6.45) is 2.05. The molecule has 2 aliphatic rings. The lowest BCUT2D eigenvalue weighted by atomic mass is 9.95. The number of likely N-dealkylation sites (tertiary alicyclic amines) is 1. The molecule has 3 rings (SSSR count). The van der Waals surface area contributed by atoms with Crippen molar-refractivity contribution in [1.82, 2.24) is 9.88 Å². The fraction of sp³-hybridized carbons (Fsp3) is 0.625. The van der Waals surface area contributed by atoms with Crippen LogP contribution < -0.4 is 5.32 Å². The molecule has 1 saturated heterocycles. The molecule has 0 bridgehead atoms. The van der Waals surface area contributed by atoms with Gasteiger partial charge in [0.2, 0.25) is 0 Å². The van der Waals surface area contributed by atoms with Gasteiger partial charge in [0.05, 0.1) is 0 Å². The van der Waals surface area contributed by atoms with Crippen molar-refractivity contribution in [2.75, 3.05) is 25.0 Å². The highest BCUT2D eigenvalue weighted by Gasteiger charge is 2.35. The van der Waals surface area contributed by atoms with Gasteiger partial charge in [0.1, 0.15) is 11.4 Å². The van der Waals surface area contributed by atoms with Gasteiger partial charge in [0.25, 0.3) is 0 Å². The van der Waals surface area contributed by atoms with Gasteiger partial charge in [0.15, 0.2) is 0 Å². The minimum atomic E-state index is -0.434. The molecule has 1 aromatic rings. The van der Waals surface area contributed by atoms with Gasteiger partial charge in [0, 0.05) is 31.2 Å². The van der Waals surface area contributed by atoms with Crippen molar-refractivity contribution in [2.45, 2.75) is 45.1 Å². The van der Waals surface area contributed by atoms with Crippen molar-refractivity contribution in [1.29, 1.82) is 0 Å². The maximum Gasteiger partial charge on any atom is 0.410 e. The fourth-order valence-electron chi connectivity index (χ4n) is 2.71. The summed E-state index contributed by atoms with van der Waals surface area (Å²) in [4.78, 5) is 18.4. The first-order valence-electron chi connectivity index (χ1n) is 7.64. The third-order valence-electron chi connectivity index (χ3n) is 3.87. The minimum absolute atomic E-state index is 0.227. The van der Waals surface area contributed by atoms with Crippen LogP contribution in [0, 0.1) is 0 Å². The van der Waals surface area contributed by atoms with Crippen LogP contribution in [0.3, 0.4) is 0 Å². The third-order valence-corrected chi connectivity index (χ3v) is 3.87. The minimum Gasteiger partial charge on any atom is -0.444 e. The average molecular weight is 289 g/mol. The van der Waals surface area contributed by atoms with Crippen LogP contribution in [0.4, 0.5) is 10.6 Å². The number of hydrogen-bond acceptors (Lipinski definition) is 4. The molecule has 1 aromatic heterocycles. The number of carbonyl (C=O) groups excluding carboxylic acids is 1. The number of pyridine rings is 1. The molecule has 5 heteroatoms. The van der Waals surface area contributed by atoms with Gasteiger partial charge in [-0.3, -0.25) is 0 Å². The maximum absolute atomic E-state index is 11.9. The number of aromatic nitrogens is 1. The van der Waals surface area contributed by atoms with Gasteiger partial charge in [-0.25, -0.2) is 9.78 Å². The quantitative estimate of drug-likeness (QED) is 0.863. The SMILES string of the molecule is CC(C)(C)OC(=O)N1CC(c2ccc3c(n2)NCCC3)C1. The number of aryl methyl sites for hydroxylation is 1. The number of anilines is 1. The normalized spacial score (nSPS) is 18.5. The first-order valence-corrected chi connectivity index (χ1v) is 7.64. The number of ether oxygens (including phenoxy) is 1. The Bertz CT molecular complexity index is 545. The lowest BCUT2D eigenvalue weighted by molar-refractivity contribution is 0.00789. The van der Waals surface area contributed by atoms with Crippen molar-refractivity contribution < 1.29 is 9.53 Å². The fourth-order valence-corrected chi connectivity index (χ4v) is 2.71. The summed E-state index contributed by atoms with van der Waals surface area (Å²) in [7, 11) is 0. The molecule has 0 aliphatic carbocycles. The Morgan fingerprint density at radius 3 is 2.86 bits per heavy atom. The maximum atomic E-state index is 11.9. The van der Waals surface area contributed by atoms with E-state index < -0.39 is 5.60 Å². The Balaban J connectivity index is 1.60. The zero-order valence-corrected chi connectivity index (χ0v) is 13.0. The van der Waals surface area contributed by atoms with E-state index in [0.29, 0.717) is 19.0 Å². The molecular formula is C16H23N3O2. The summed E-state index contributed by atoms with van der Waals surface area (Å²) in [6, 6.07) is 4.27. The first-order chi connectivity index (χ1) is 9.92. The highest BCUT2D eigenvalue weighted by Crippen LogP contribution is 2.30. The largest absolute Gasteiger partial charge is 0.444 e. The summed E-state index contributed by atoms with van der Waals surface area (Å²) in [5, 5.41) is 3.35. The Hall–Kier alpha value is -1.78. The number of amides is 1. The van der Waals surface area contributed by atoms with Crippen molar-refractivity contribution in [2.24, 2.45) is 0 Å². The van der Waals surface area contributed by atoms with E-state index in [9.17, 15) is 4.79 Å². The van der Waals surface area contributed by atoms with E-state index in [2.05, 4.69) is 17.4 Å². The van der Waals surface area contributed by atoms with Gasteiger partial charge in [-0.05, 0) is 45.2 Å². The lowest BCUT2D eigenvalue weighted by Crippen LogP contribution is -2.50. The third kappa shape index (κ3) is 3.12. The van der Waals surface area contributed by atoms with E-state index in [1.54, 1.807) is 4.90 Å². The van der Waals surface area contributed by atoms with Gasteiger partial charge >= 0.3 is 6.09 Å². The molecule has 0 unspecified atom stereocenters. The van der Waals surface area contributed by atoms with E-state index in [4.69, 9.17) is 9.72 Å². The lowest BCUT2D eigenvalue weighted by Gasteiger charge is -2.39. The number of nitrogens with one attached hydrogen (secondary N) is 1. The molecule has 0 radical (unpaired) electrons. The van der Waals surface area contributed by atoms with Gasteiger partial charge < -0.3 is 15.0 Å². The van der Waals surface area contributed by atoms with Crippen LogP contribution in [0.5, 0.6) is 0 Å². The molecule has 1 fully saturated rings. The monoisotopic (exact) mass is 289 g/mol. The molecule has 1 N–H and O–H groups in total. The van der Waals surface area contributed by atoms with Crippen LogP contribution in [0.1, 0.15) is 44.4 Å². The molecule has 114 valence electrons. The predicted molar refractivity (Wildman–Crippen MR) is 81.6 cm³/mol. The van der Waals surface area contributed by atoms with Crippen molar-refractivity contribution in [3.63, 3.8) is 0 Å². The molecule has 0 spiro atoms. The standard InChI is InChI=1S/C16H23N3O2/c1-16(2,3)21-15(20)19-9-12(10-19)13-7-6-11-5-4-8-17-14(11)18-13/h6-7,12H,4-5,8-10H2,1-3H3,(H,17,18). The molecule has 0 aromatic carbocycles. The molecule has 2 aliphatic heterocycles. The molecule has 0 saturated carbocycles. The Morgan fingerprint density at radius 1 is 1.38 bits per heavy atom. The van der Waals surface area contributed by atoms with Gasteiger partial charge in [-0.2, -0.15) is 0 Å². The van der Waals surface area contributed by atoms with E-state index in [0.717, 1.165) is 24.5 Å². The Morgan fingerprint density at radius 2 is 2.14 bits per heavy atom. The van der Waals surface area contributed by atoms with Crippen molar-refractivity contribution in [3.05, 3.63) is 23.4 Å². The number of nitrogens with zero attached hydrogens (tertiary/aromatic N) is 2. The zero-order valence-electron chi connectivity index (χ0n) is 13.0. The topological polar surface area (TPSA) is 54.5 Å². The van der Waals surface area contributed by atoms with Crippen molar-refractivity contribution >= 4 is 11.9 Å². The van der Waals surface area contributed by atoms with Crippen LogP contribution in [-0.2, 0) is 11.2 Å². The van der Waals surface area contributed by atoms with E-state index in [1.807, 2.05) is 20.8 Å². The van der Waals surface area contributed by atoms with Gasteiger partial charge in [-0.15, -0.1) is 0 Å². The van der Waals surface area contributed by atoms with E-state index in [1.165, 1.54) is 12.0 Å². The Kier molecular flexibility index (Phi) is 3.51. The smallest absolute Gasteiger partial charge is 0.410 e. The van der Waals surface area contributed by atoms with Crippen LogP contribution >= 0.6 is 0 Å². The number of hydrogen-bond donors (Lipinski definition) is 1. The van der Waals surface area contributed by atoms with Crippen LogP contribution in [0.25, 0.3) is 0 Å². The second kappa shape index (κ2) is 5.20. The number of fused-ring (bicyclic) bond motifs is 1. The summed E-state index contributed by atoms with van der Waals surface area (Å²) in [6.45, 7) is 8.05. The van der Waals surface area contributed by atoms with Crippen LogP contribution in [-0.4, -0.2) is 41.2 Å². The molecule has 5 nitrogen and oxygen atoms in total. The Labute approximate surface area is 125 Å². The van der Waals surface area contributed by atoms with Gasteiger partial charge in [-0.1, -0.05) is 6.07 Å². The molecule has 0 atom stereocenters. The van der Waals surface area contributed by atoms with E-state index >= 15 is 0 Å². The summed E-state index contributed by atoms with van der Waals surface area (Å²) in [5.74, 6) is 1.35. The number of rotatable bonds is 1. The molecule has 21 heavy (non-hydrogen) atoms. The average Bonchev–Trinajstić information content (AvgIpc) is 2.34. The highest BCUT2D eigenvalue weighted by atomic mass is 16.6. The first kappa shape index (κ1) is 14.2. The van der Waals surface area contributed by atoms with Crippen LogP contribution in [0.2, 0.25) is 0 Å². The highest BCUT2D eigenvalue weighted by molar-refractivity contribution is 5.69. The van der Waals surface area contributed by atoms with Crippen molar-refractivity contribution in [3.8, 4) is 0 Å². The summed E-state index contributed by atoms with van der Waals surface area (Å²) < 4.78 is 5.37. The summed E-state index contributed by atoms with van der Waals surface area (Å²) in [5.41, 5.74) is 1.94. The molecule has 3 heterocycles. The van der Waals surface area contributed by atoms with E-state index in [-0.39, 0.29) is 6.09 Å². The molecule has 1 amide bonds.